The van der Waals surface area contributed by atoms with Gasteiger partial charge < -0.3 is 9.88 Å². The van der Waals surface area contributed by atoms with Crippen molar-refractivity contribution in [1.29, 1.82) is 0 Å². The first-order chi connectivity index (χ1) is 9.72. The highest BCUT2D eigenvalue weighted by Gasteiger charge is 1.96. The lowest BCUT2D eigenvalue weighted by Gasteiger charge is -2.11. The zero-order valence-electron chi connectivity index (χ0n) is 11.5. The molecule has 0 amide bonds. The molecule has 1 N–H and O–H groups in total. The molecule has 0 saturated heterocycles. The van der Waals surface area contributed by atoms with Gasteiger partial charge in [-0.15, -0.1) is 0 Å². The Bertz CT molecular complexity index is 786. The molecule has 0 bridgehead atoms. The number of rotatable bonds is 1. The normalized spacial score (nSPS) is 10.1. The molecule has 98 valence electrons. The molecule has 0 atom stereocenters. The Kier molecular flexibility index (Phi) is 3.14. The standard InChI is InChI=1S/C17H15N3/c1-20(2)16-7-5-13(6-8-16)3-4-14-11-15-9-10-18-17(15)19-12-14/h5-12H,1-2H3,(H,18,19). The first kappa shape index (κ1) is 12.3. The monoisotopic (exact) mass is 261 g/mol. The topological polar surface area (TPSA) is 31.9 Å². The summed E-state index contributed by atoms with van der Waals surface area (Å²) >= 11 is 0. The minimum Gasteiger partial charge on any atom is -0.378 e. The molecule has 20 heavy (non-hydrogen) atoms. The van der Waals surface area contributed by atoms with Crippen LogP contribution in [0.1, 0.15) is 11.1 Å². The number of H-pyrrole nitrogens is 1. The van der Waals surface area contributed by atoms with Crippen LogP contribution in [0.4, 0.5) is 5.69 Å². The van der Waals surface area contributed by atoms with Crippen LogP contribution in [0.25, 0.3) is 11.0 Å². The molecule has 0 aliphatic carbocycles. The van der Waals surface area contributed by atoms with Crippen LogP contribution in [0.15, 0.2) is 48.8 Å². The molecule has 2 aromatic heterocycles. The molecule has 0 radical (unpaired) electrons. The number of hydrogen-bond acceptors (Lipinski definition) is 2. The predicted octanol–water partition coefficient (Wildman–Crippen LogP) is 3.03. The van der Waals surface area contributed by atoms with Crippen LogP contribution in [0, 0.1) is 11.8 Å². The van der Waals surface area contributed by atoms with Crippen molar-refractivity contribution in [3.63, 3.8) is 0 Å². The first-order valence-electron chi connectivity index (χ1n) is 6.45. The number of anilines is 1. The summed E-state index contributed by atoms with van der Waals surface area (Å²) in [4.78, 5) is 9.47. The van der Waals surface area contributed by atoms with Crippen molar-refractivity contribution in [2.24, 2.45) is 0 Å². The fourth-order valence-corrected chi connectivity index (χ4v) is 2.00. The zero-order valence-corrected chi connectivity index (χ0v) is 11.5. The number of fused-ring (bicyclic) bond motifs is 1. The summed E-state index contributed by atoms with van der Waals surface area (Å²) in [6, 6.07) is 12.2. The third-order valence-corrected chi connectivity index (χ3v) is 3.13. The van der Waals surface area contributed by atoms with E-state index in [2.05, 4.69) is 38.8 Å². The summed E-state index contributed by atoms with van der Waals surface area (Å²) < 4.78 is 0. The van der Waals surface area contributed by atoms with E-state index in [1.807, 2.05) is 44.6 Å². The van der Waals surface area contributed by atoms with Gasteiger partial charge in [-0.2, -0.15) is 0 Å². The largest absolute Gasteiger partial charge is 0.378 e. The van der Waals surface area contributed by atoms with E-state index in [0.29, 0.717) is 0 Å². The summed E-state index contributed by atoms with van der Waals surface area (Å²) in [5.74, 6) is 6.32. The maximum atomic E-state index is 4.33. The van der Waals surface area contributed by atoms with Gasteiger partial charge in [-0.05, 0) is 36.4 Å². The average Bonchev–Trinajstić information content (AvgIpc) is 2.93. The fraction of sp³-hybridized carbons (Fsp3) is 0.118. The van der Waals surface area contributed by atoms with Gasteiger partial charge >= 0.3 is 0 Å². The van der Waals surface area contributed by atoms with Gasteiger partial charge in [0.2, 0.25) is 0 Å². The van der Waals surface area contributed by atoms with E-state index in [4.69, 9.17) is 0 Å². The van der Waals surface area contributed by atoms with Crippen LogP contribution in [-0.2, 0) is 0 Å². The summed E-state index contributed by atoms with van der Waals surface area (Å²) in [5, 5.41) is 1.08. The molecule has 2 heterocycles. The molecule has 3 aromatic rings. The van der Waals surface area contributed by atoms with E-state index in [1.54, 1.807) is 6.20 Å². The molecule has 3 heteroatoms. The first-order valence-corrected chi connectivity index (χ1v) is 6.45. The zero-order chi connectivity index (χ0) is 13.9. The Morgan fingerprint density at radius 1 is 1.00 bits per heavy atom. The van der Waals surface area contributed by atoms with Crippen molar-refractivity contribution >= 4 is 16.7 Å². The molecule has 3 nitrogen and oxygen atoms in total. The molecule has 0 unspecified atom stereocenters. The van der Waals surface area contributed by atoms with Crippen LogP contribution in [0.2, 0.25) is 0 Å². The molecule has 1 aromatic carbocycles. The summed E-state index contributed by atoms with van der Waals surface area (Å²) in [7, 11) is 4.05. The minimum atomic E-state index is 0.894. The molecule has 0 spiro atoms. The number of pyridine rings is 1. The van der Waals surface area contributed by atoms with E-state index in [1.165, 1.54) is 5.69 Å². The number of hydrogen-bond donors (Lipinski definition) is 1. The molecular weight excluding hydrogens is 246 g/mol. The van der Waals surface area contributed by atoms with E-state index in [0.717, 1.165) is 22.2 Å². The van der Waals surface area contributed by atoms with E-state index in [9.17, 15) is 0 Å². The summed E-state index contributed by atoms with van der Waals surface area (Å²) in [6.45, 7) is 0. The Labute approximate surface area is 118 Å². The fourth-order valence-electron chi connectivity index (χ4n) is 2.00. The van der Waals surface area contributed by atoms with Crippen LogP contribution in [0.3, 0.4) is 0 Å². The van der Waals surface area contributed by atoms with Gasteiger partial charge in [0, 0.05) is 48.7 Å². The molecule has 0 aliphatic heterocycles. The summed E-state index contributed by atoms with van der Waals surface area (Å²) in [5.41, 5.74) is 4.00. The van der Waals surface area contributed by atoms with Crippen LogP contribution < -0.4 is 4.90 Å². The van der Waals surface area contributed by atoms with Crippen LogP contribution >= 0.6 is 0 Å². The Morgan fingerprint density at radius 2 is 1.75 bits per heavy atom. The highest BCUT2D eigenvalue weighted by atomic mass is 15.1. The molecule has 0 aliphatic rings. The SMILES string of the molecule is CN(C)c1ccc(C#Cc2cnc3[nH]ccc3c2)cc1. The van der Waals surface area contributed by atoms with Gasteiger partial charge in [0.25, 0.3) is 0 Å². The van der Waals surface area contributed by atoms with Crippen molar-refractivity contribution in [3.8, 4) is 11.8 Å². The number of aromatic amines is 1. The minimum absolute atomic E-state index is 0.894. The third-order valence-electron chi connectivity index (χ3n) is 3.13. The molecule has 3 rings (SSSR count). The third kappa shape index (κ3) is 2.50. The lowest BCUT2D eigenvalue weighted by molar-refractivity contribution is 1.13. The van der Waals surface area contributed by atoms with Gasteiger partial charge in [0.05, 0.1) is 0 Å². The lowest BCUT2D eigenvalue weighted by atomic mass is 10.2. The van der Waals surface area contributed by atoms with Crippen LogP contribution in [0.5, 0.6) is 0 Å². The van der Waals surface area contributed by atoms with Gasteiger partial charge in [0.15, 0.2) is 0 Å². The highest BCUT2D eigenvalue weighted by Crippen LogP contribution is 2.12. The molecular formula is C17H15N3. The second-order valence-electron chi connectivity index (χ2n) is 4.83. The maximum Gasteiger partial charge on any atom is 0.137 e. The second-order valence-corrected chi connectivity index (χ2v) is 4.83. The average molecular weight is 261 g/mol. The molecule has 0 fully saturated rings. The highest BCUT2D eigenvalue weighted by molar-refractivity contribution is 5.76. The Balaban J connectivity index is 1.86. The number of nitrogens with one attached hydrogen (secondary N) is 1. The number of benzene rings is 1. The van der Waals surface area contributed by atoms with Gasteiger partial charge in [-0.3, -0.25) is 0 Å². The van der Waals surface area contributed by atoms with Gasteiger partial charge in [-0.1, -0.05) is 11.8 Å². The Morgan fingerprint density at radius 3 is 2.50 bits per heavy atom. The number of nitrogens with zero attached hydrogens (tertiary/aromatic N) is 2. The molecule has 0 saturated carbocycles. The van der Waals surface area contributed by atoms with Crippen molar-refractivity contribution in [1.82, 2.24) is 9.97 Å². The maximum absolute atomic E-state index is 4.33. The van der Waals surface area contributed by atoms with E-state index < -0.39 is 0 Å². The number of aromatic nitrogens is 2. The van der Waals surface area contributed by atoms with Crippen molar-refractivity contribution in [2.45, 2.75) is 0 Å². The quantitative estimate of drug-likeness (QED) is 0.683. The van der Waals surface area contributed by atoms with Gasteiger partial charge in [0.1, 0.15) is 5.65 Å². The smallest absolute Gasteiger partial charge is 0.137 e. The van der Waals surface area contributed by atoms with E-state index in [-0.39, 0.29) is 0 Å². The van der Waals surface area contributed by atoms with Crippen molar-refractivity contribution < 1.29 is 0 Å². The predicted molar refractivity (Wildman–Crippen MR) is 82.8 cm³/mol. The Hall–Kier alpha value is -2.73. The lowest BCUT2D eigenvalue weighted by Crippen LogP contribution is -2.07. The van der Waals surface area contributed by atoms with Gasteiger partial charge in [-0.25, -0.2) is 4.98 Å². The van der Waals surface area contributed by atoms with Crippen LogP contribution in [-0.4, -0.2) is 24.1 Å². The summed E-state index contributed by atoms with van der Waals surface area (Å²) in [6.07, 6.45) is 3.68. The van der Waals surface area contributed by atoms with E-state index >= 15 is 0 Å². The van der Waals surface area contributed by atoms with Crippen molar-refractivity contribution in [2.75, 3.05) is 19.0 Å². The second kappa shape index (κ2) is 5.10. The van der Waals surface area contributed by atoms with Crippen molar-refractivity contribution in [3.05, 3.63) is 59.9 Å².